The van der Waals surface area contributed by atoms with E-state index in [1.54, 1.807) is 64.1 Å². The van der Waals surface area contributed by atoms with Crippen molar-refractivity contribution >= 4 is 105 Å². The molecule has 0 aromatic heterocycles. The van der Waals surface area contributed by atoms with Gasteiger partial charge in [0.05, 0.1) is 14.2 Å². The van der Waals surface area contributed by atoms with Gasteiger partial charge in [-0.2, -0.15) is 0 Å². The Kier molecular flexibility index (Phi) is 26.6. The topological polar surface area (TPSA) is 216 Å². The predicted molar refractivity (Wildman–Crippen MR) is 415 cm³/mol. The summed E-state index contributed by atoms with van der Waals surface area (Å²) in [5.74, 6) is -0.0981. The number of aryl methyl sites for hydroxylation is 5. The van der Waals surface area contributed by atoms with Crippen LogP contribution in [0.3, 0.4) is 0 Å². The number of fused-ring (bicyclic) bond motifs is 5. The fraction of sp³-hybridized carbons (Fsp3) is 0.239. The molecule has 102 heavy (non-hydrogen) atoms. The third-order valence-electron chi connectivity index (χ3n) is 18.3. The van der Waals surface area contributed by atoms with E-state index in [9.17, 15) is 29.1 Å². The van der Waals surface area contributed by atoms with Gasteiger partial charge in [0.2, 0.25) is 0 Å². The van der Waals surface area contributed by atoms with E-state index in [0.29, 0.717) is 23.8 Å². The average Bonchev–Trinajstić information content (AvgIpc) is 1.58. The summed E-state index contributed by atoms with van der Waals surface area (Å²) in [5.41, 5.74) is 16.9. The monoisotopic (exact) mass is 1430 g/mol. The number of anilines is 1. The summed E-state index contributed by atoms with van der Waals surface area (Å²) in [6.07, 6.45) is 2.97. The lowest BCUT2D eigenvalue weighted by Crippen LogP contribution is -2.22. The van der Waals surface area contributed by atoms with E-state index >= 15 is 0 Å². The zero-order valence-corrected chi connectivity index (χ0v) is 61.5. The molecule has 13 nitrogen and oxygen atoms in total. The predicted octanol–water partition coefficient (Wildman–Crippen LogP) is 19.6. The van der Waals surface area contributed by atoms with Gasteiger partial charge >= 0.3 is 17.9 Å². The first-order valence-corrected chi connectivity index (χ1v) is 34.7. The highest BCUT2D eigenvalue weighted by atomic mass is 79.9. The molecular formula is C88H90BrNO12. The Balaban J connectivity index is 0.000000155. The Bertz CT molecular complexity index is 4910. The number of carboxylic acid groups (broad SMARTS) is 1. The summed E-state index contributed by atoms with van der Waals surface area (Å²) < 4.78 is 20.1. The van der Waals surface area contributed by atoms with E-state index in [1.807, 2.05) is 109 Å². The van der Waals surface area contributed by atoms with Crippen molar-refractivity contribution in [2.45, 2.75) is 117 Å². The number of nitrogen functional groups attached to an aromatic ring is 1. The maximum Gasteiger partial charge on any atom is 0.340 e. The molecule has 14 heteroatoms. The number of methoxy groups -OCH3 is 2. The van der Waals surface area contributed by atoms with Gasteiger partial charge in [-0.25, -0.2) is 9.59 Å². The number of rotatable bonds is 12. The maximum atomic E-state index is 11.7. The Labute approximate surface area is 606 Å². The molecule has 2 heterocycles. The number of nitrogens with two attached hydrogens (primary N) is 1. The molecule has 2 fully saturated rings. The van der Waals surface area contributed by atoms with Crippen LogP contribution in [0, 0.1) is 40.5 Å². The minimum absolute atomic E-state index is 0.183. The standard InChI is InChI=1S/C21H22O.C16H16O3.C15H14O3.C14H14O.C12H10O.C6H7NO.C4H7BrO2/c1-15(13-17-8-11-19(22)12-9-17)14-18-10-7-16(2)20-5-3-4-6-21(18)20;1-10-8-9-13(12-7-5-4-6-11(10)12)14-16(2,19-14)15(17)18-3;1-9-7-8-12(11-6-4-3-5-10(9)11)13-15(2,18-13)14(16)17;1-10-7-8-12(9-11(2)15)14-6-4-3-5-13(10)14;1-9-6-7-10(8-13)12-5-3-2-4-11(9)12;7-5-1-3-6(8)4-2-5;1-3(5)4(6)7-2/h3-12,15,22H,13-14H2,1-2H3;4-9,14H,1-3H3;3-8,13H,1-2H3,(H,16,17);3-8H,9H2,1-2H3;2-8H,1H3;1-4,8H,7H2;3H,1-2H3. The third-order valence-corrected chi connectivity index (χ3v) is 18.6. The summed E-state index contributed by atoms with van der Waals surface area (Å²) in [5, 5.41) is 39.2. The third kappa shape index (κ3) is 19.5. The molecule has 14 rings (SSSR count). The number of ketones is 1. The van der Waals surface area contributed by atoms with E-state index in [0.717, 1.165) is 68.3 Å². The summed E-state index contributed by atoms with van der Waals surface area (Å²) in [4.78, 5) is 54.8. The molecule has 5 N–H and O–H groups in total. The molecule has 0 aliphatic carbocycles. The van der Waals surface area contributed by atoms with Gasteiger partial charge in [-0.15, -0.1) is 0 Å². The Morgan fingerprint density at radius 3 is 1.24 bits per heavy atom. The van der Waals surface area contributed by atoms with Gasteiger partial charge in [0.25, 0.3) is 0 Å². The highest BCUT2D eigenvalue weighted by Crippen LogP contribution is 2.53. The molecule has 0 saturated carbocycles. The number of aldehydes is 1. The smallest absolute Gasteiger partial charge is 0.340 e. The van der Waals surface area contributed by atoms with Crippen molar-refractivity contribution in [2.75, 3.05) is 20.0 Å². The molecule has 6 atom stereocenters. The van der Waals surface area contributed by atoms with E-state index < -0.39 is 17.2 Å². The summed E-state index contributed by atoms with van der Waals surface area (Å²) >= 11 is 3.03. The zero-order chi connectivity index (χ0) is 74.0. The van der Waals surface area contributed by atoms with Crippen LogP contribution in [0.2, 0.25) is 0 Å². The second kappa shape index (κ2) is 35.2. The Hall–Kier alpha value is -10.5. The lowest BCUT2D eigenvalue weighted by atomic mass is 9.90. The largest absolute Gasteiger partial charge is 0.508 e. The van der Waals surface area contributed by atoms with Gasteiger partial charge in [-0.3, -0.25) is 14.4 Å². The molecule has 6 unspecified atom stereocenters. The number of epoxide rings is 2. The van der Waals surface area contributed by atoms with Crippen molar-refractivity contribution in [2.24, 2.45) is 5.92 Å². The van der Waals surface area contributed by atoms with Crippen molar-refractivity contribution in [3.05, 3.63) is 292 Å². The number of hydrogen-bond donors (Lipinski definition) is 4. The quantitative estimate of drug-likeness (QED) is 0.0224. The van der Waals surface area contributed by atoms with Crippen LogP contribution in [0.15, 0.2) is 231 Å². The van der Waals surface area contributed by atoms with Gasteiger partial charge in [0, 0.05) is 17.7 Å². The molecule has 12 aromatic rings. The highest BCUT2D eigenvalue weighted by molar-refractivity contribution is 9.10. The number of halogens is 1. The molecule has 2 aliphatic rings. The number of hydrogen-bond acceptors (Lipinski definition) is 12. The number of Topliss-reactive ketones (excluding diaryl/α,β-unsaturated/α-hetero) is 1. The molecular weight excluding hydrogens is 1340 g/mol. The molecule has 0 radical (unpaired) electrons. The van der Waals surface area contributed by atoms with Crippen LogP contribution in [0.1, 0.15) is 113 Å². The van der Waals surface area contributed by atoms with E-state index in [2.05, 4.69) is 147 Å². The second-order valence-electron chi connectivity index (χ2n) is 26.1. The fourth-order valence-corrected chi connectivity index (χ4v) is 12.6. The average molecular weight is 1430 g/mol. The number of phenolic OH excluding ortho intramolecular Hbond substituents is 2. The minimum atomic E-state index is -1.07. The number of carbonyl (C=O) groups is 5. The lowest BCUT2D eigenvalue weighted by Gasteiger charge is -2.15. The molecule has 0 bridgehead atoms. The number of carbonyl (C=O) groups excluding carboxylic acids is 4. The number of aromatic hydroxyl groups is 2. The summed E-state index contributed by atoms with van der Waals surface area (Å²) in [6.45, 7) is 19.5. The highest BCUT2D eigenvalue weighted by Gasteiger charge is 2.61. The van der Waals surface area contributed by atoms with Crippen molar-refractivity contribution in [3.63, 3.8) is 0 Å². The van der Waals surface area contributed by atoms with E-state index in [-0.39, 0.29) is 40.5 Å². The van der Waals surface area contributed by atoms with Crippen molar-refractivity contribution in [3.8, 4) is 11.5 Å². The number of carboxylic acids is 1. The van der Waals surface area contributed by atoms with Gasteiger partial charge in [0.1, 0.15) is 34.3 Å². The van der Waals surface area contributed by atoms with Gasteiger partial charge in [-0.1, -0.05) is 217 Å². The van der Waals surface area contributed by atoms with Gasteiger partial charge in [-0.05, 0) is 227 Å². The first-order chi connectivity index (χ1) is 48.7. The van der Waals surface area contributed by atoms with E-state index in [4.69, 9.17) is 30.2 Å². The van der Waals surface area contributed by atoms with Gasteiger partial charge < -0.3 is 40.0 Å². The number of ether oxygens (including phenoxy) is 4. The number of phenols is 2. The van der Waals surface area contributed by atoms with Crippen LogP contribution in [0.4, 0.5) is 5.69 Å². The molecule has 2 saturated heterocycles. The number of benzene rings is 12. The number of aliphatic carboxylic acids is 1. The molecule has 0 amide bonds. The molecule has 2 aliphatic heterocycles. The maximum absolute atomic E-state index is 11.7. The lowest BCUT2D eigenvalue weighted by molar-refractivity contribution is -0.146. The van der Waals surface area contributed by atoms with Crippen LogP contribution >= 0.6 is 15.9 Å². The molecule has 526 valence electrons. The Morgan fingerprint density at radius 2 is 0.843 bits per heavy atom. The van der Waals surface area contributed by atoms with Crippen LogP contribution in [0.5, 0.6) is 11.5 Å². The number of alkyl halides is 1. The van der Waals surface area contributed by atoms with Gasteiger partial charge in [0.15, 0.2) is 17.5 Å². The molecule has 0 spiro atoms. The van der Waals surface area contributed by atoms with Crippen molar-refractivity contribution in [1.29, 1.82) is 0 Å². The second-order valence-corrected chi connectivity index (χ2v) is 27.5. The zero-order valence-electron chi connectivity index (χ0n) is 59.9. The first-order valence-electron chi connectivity index (χ1n) is 33.8. The Morgan fingerprint density at radius 1 is 0.480 bits per heavy atom. The summed E-state index contributed by atoms with van der Waals surface area (Å²) in [6, 6.07) is 75.6. The minimum Gasteiger partial charge on any atom is -0.508 e. The van der Waals surface area contributed by atoms with Crippen LogP contribution in [-0.4, -0.2) is 75.5 Å². The van der Waals surface area contributed by atoms with Crippen molar-refractivity contribution in [1.82, 2.24) is 0 Å². The van der Waals surface area contributed by atoms with Crippen LogP contribution < -0.4 is 5.73 Å². The van der Waals surface area contributed by atoms with Crippen LogP contribution in [-0.2, 0) is 57.4 Å². The van der Waals surface area contributed by atoms with Crippen molar-refractivity contribution < 1.29 is 58.2 Å². The fourth-order valence-electron chi connectivity index (χ4n) is 12.4. The SMILES string of the molecule is CC(=O)Cc1ccc(C)c2ccccc12.COC(=O)C(C)Br.COC(=O)C1(C)OC1c1ccc(C)c2ccccc12.Cc1ccc(C2OC2(C)C(=O)O)c2ccccc12.Cc1ccc(C=O)c2ccccc12.Cc1ccc(CC(C)Cc2ccc(O)cc2)c2ccccc12.Nc1ccc(O)cc1. The molecule has 12 aromatic carbocycles. The van der Waals surface area contributed by atoms with Crippen LogP contribution in [0.25, 0.3) is 53.9 Å². The number of esters is 2. The normalized spacial score (nSPS) is 16.5. The van der Waals surface area contributed by atoms with E-state index in [1.165, 1.54) is 80.1 Å². The summed E-state index contributed by atoms with van der Waals surface area (Å²) in [7, 11) is 2.75. The first kappa shape index (κ1) is 77.2.